The van der Waals surface area contributed by atoms with Crippen molar-refractivity contribution in [3.05, 3.63) is 53.6 Å². The van der Waals surface area contributed by atoms with Gasteiger partial charge < -0.3 is 9.47 Å². The van der Waals surface area contributed by atoms with Gasteiger partial charge in [0.15, 0.2) is 6.29 Å². The van der Waals surface area contributed by atoms with Gasteiger partial charge in [0.1, 0.15) is 0 Å². The molecule has 2 aliphatic rings. The lowest BCUT2D eigenvalue weighted by atomic mass is 9.85. The summed E-state index contributed by atoms with van der Waals surface area (Å²) in [4.78, 5) is 0. The maximum atomic E-state index is 12.3. The molecule has 1 heterocycles. The van der Waals surface area contributed by atoms with Crippen LogP contribution in [0.15, 0.2) is 42.5 Å². The Labute approximate surface area is 168 Å². The van der Waals surface area contributed by atoms with Crippen LogP contribution < -0.4 is 0 Å². The molecule has 0 amide bonds. The number of benzene rings is 2. The first-order chi connectivity index (χ1) is 13.9. The summed E-state index contributed by atoms with van der Waals surface area (Å²) in [6, 6.07) is 11.2. The average molecular weight is 400 g/mol. The summed E-state index contributed by atoms with van der Waals surface area (Å²) < 4.78 is 48.5. The van der Waals surface area contributed by atoms with E-state index >= 15 is 0 Å². The Morgan fingerprint density at radius 3 is 2.41 bits per heavy atom. The maximum absolute atomic E-state index is 12.3. The van der Waals surface area contributed by atoms with Crippen molar-refractivity contribution in [2.45, 2.75) is 38.7 Å². The third-order valence-electron chi connectivity index (χ3n) is 5.49. The first-order valence-electron chi connectivity index (χ1n) is 9.94. The topological polar surface area (TPSA) is 18.5 Å². The van der Waals surface area contributed by atoms with Crippen LogP contribution >= 0.6 is 0 Å². The predicted octanol–water partition coefficient (Wildman–Crippen LogP) is 5.95. The zero-order chi connectivity index (χ0) is 20.4. The van der Waals surface area contributed by atoms with Crippen molar-refractivity contribution in [3.8, 4) is 11.8 Å². The molecule has 1 unspecified atom stereocenters. The molecule has 29 heavy (non-hydrogen) atoms. The predicted molar refractivity (Wildman–Crippen MR) is 107 cm³/mol. The van der Waals surface area contributed by atoms with E-state index in [1.54, 1.807) is 12.1 Å². The van der Waals surface area contributed by atoms with E-state index in [9.17, 15) is 13.2 Å². The van der Waals surface area contributed by atoms with Gasteiger partial charge in [0.25, 0.3) is 0 Å². The van der Waals surface area contributed by atoms with E-state index in [1.165, 1.54) is 11.5 Å². The number of ether oxygens (including phenoxy) is 2. The van der Waals surface area contributed by atoms with Crippen LogP contribution in [0.5, 0.6) is 0 Å². The van der Waals surface area contributed by atoms with Crippen LogP contribution in [0.25, 0.3) is 16.3 Å². The first kappa shape index (κ1) is 20.0. The fourth-order valence-corrected chi connectivity index (χ4v) is 3.92. The molecule has 0 radical (unpaired) electrons. The molecule has 0 N–H and O–H groups in total. The molecule has 1 aliphatic heterocycles. The molecular weight excluding hydrogens is 377 g/mol. The van der Waals surface area contributed by atoms with E-state index in [2.05, 4.69) is 25.0 Å². The Bertz CT molecular complexity index is 973. The summed E-state index contributed by atoms with van der Waals surface area (Å²) in [5.41, 5.74) is 2.82. The van der Waals surface area contributed by atoms with Gasteiger partial charge in [-0.15, -0.1) is 0 Å². The molecule has 1 fully saturated rings. The van der Waals surface area contributed by atoms with Gasteiger partial charge in [-0.2, -0.15) is 13.2 Å². The lowest BCUT2D eigenvalue weighted by Crippen LogP contribution is -2.36. The molecule has 5 heteroatoms. The van der Waals surface area contributed by atoms with Crippen molar-refractivity contribution in [2.75, 3.05) is 13.2 Å². The van der Waals surface area contributed by atoms with Crippen molar-refractivity contribution < 1.29 is 22.6 Å². The number of hydrogen-bond donors (Lipinski definition) is 0. The van der Waals surface area contributed by atoms with Gasteiger partial charge in [-0.25, -0.2) is 0 Å². The van der Waals surface area contributed by atoms with E-state index in [-0.39, 0.29) is 6.29 Å². The highest BCUT2D eigenvalue weighted by molar-refractivity contribution is 5.87. The van der Waals surface area contributed by atoms with Crippen LogP contribution in [0.2, 0.25) is 0 Å². The molecule has 0 bridgehead atoms. The summed E-state index contributed by atoms with van der Waals surface area (Å²) in [7, 11) is 0. The minimum atomic E-state index is -4.48. The zero-order valence-electron chi connectivity index (χ0n) is 16.3. The second-order valence-electron chi connectivity index (χ2n) is 7.93. The van der Waals surface area contributed by atoms with Crippen LogP contribution in [0, 0.1) is 23.7 Å². The fourth-order valence-electron chi connectivity index (χ4n) is 3.92. The number of fused-ring (bicyclic) bond motifs is 1. The largest absolute Gasteiger partial charge is 0.458 e. The lowest BCUT2D eigenvalue weighted by molar-refractivity contribution is -0.222. The first-order valence-corrected chi connectivity index (χ1v) is 9.94. The summed E-state index contributed by atoms with van der Waals surface area (Å²) in [6.45, 7) is 3.65. The molecule has 2 aromatic rings. The number of halogens is 3. The molecular formula is C24H23F3O2. The molecule has 2 aromatic carbocycles. The lowest BCUT2D eigenvalue weighted by Gasteiger charge is -2.34. The molecule has 152 valence electrons. The Hall–Kier alpha value is -2.29. The van der Waals surface area contributed by atoms with E-state index < -0.39 is 6.18 Å². The smallest absolute Gasteiger partial charge is 0.352 e. The van der Waals surface area contributed by atoms with Gasteiger partial charge in [-0.05, 0) is 59.4 Å². The number of rotatable bonds is 2. The van der Waals surface area contributed by atoms with Crippen molar-refractivity contribution in [3.63, 3.8) is 0 Å². The number of hydrogen-bond acceptors (Lipinski definition) is 2. The van der Waals surface area contributed by atoms with Gasteiger partial charge >= 0.3 is 6.18 Å². The Balaban J connectivity index is 1.47. The van der Waals surface area contributed by atoms with Crippen molar-refractivity contribution in [2.24, 2.45) is 11.8 Å². The maximum Gasteiger partial charge on any atom is 0.458 e. The van der Waals surface area contributed by atoms with Crippen LogP contribution in [0.3, 0.4) is 0 Å². The highest BCUT2D eigenvalue weighted by Crippen LogP contribution is 2.35. The molecule has 1 atom stereocenters. The van der Waals surface area contributed by atoms with Crippen LogP contribution in [0.4, 0.5) is 13.2 Å². The van der Waals surface area contributed by atoms with E-state index in [4.69, 9.17) is 9.47 Å². The van der Waals surface area contributed by atoms with Crippen molar-refractivity contribution in [1.29, 1.82) is 0 Å². The Kier molecular flexibility index (Phi) is 5.67. The fraction of sp³-hybridized carbons (Fsp3) is 0.417. The monoisotopic (exact) mass is 400 g/mol. The van der Waals surface area contributed by atoms with Gasteiger partial charge in [-0.1, -0.05) is 37.1 Å². The molecule has 2 nitrogen and oxygen atoms in total. The second kappa shape index (κ2) is 8.22. The van der Waals surface area contributed by atoms with Crippen LogP contribution in [-0.2, 0) is 9.47 Å². The SMILES string of the molecule is CC1COC(C2CC=C(c3ccc4cc(C#CC(F)(F)F)ccc4c3)CC2)OC1. The normalized spacial score (nSPS) is 25.2. The number of allylic oxidation sites excluding steroid dienone is 2. The molecule has 1 aliphatic carbocycles. The highest BCUT2D eigenvalue weighted by atomic mass is 19.4. The highest BCUT2D eigenvalue weighted by Gasteiger charge is 2.29. The zero-order valence-corrected chi connectivity index (χ0v) is 16.3. The third kappa shape index (κ3) is 5.01. The van der Waals surface area contributed by atoms with Gasteiger partial charge in [0, 0.05) is 23.3 Å². The molecule has 4 rings (SSSR count). The Morgan fingerprint density at radius 2 is 1.72 bits per heavy atom. The van der Waals surface area contributed by atoms with Crippen LogP contribution in [-0.4, -0.2) is 25.7 Å². The van der Waals surface area contributed by atoms with Gasteiger partial charge in [-0.3, -0.25) is 0 Å². The summed E-state index contributed by atoms with van der Waals surface area (Å²) in [5, 5.41) is 1.88. The summed E-state index contributed by atoms with van der Waals surface area (Å²) >= 11 is 0. The third-order valence-corrected chi connectivity index (χ3v) is 5.49. The summed E-state index contributed by atoms with van der Waals surface area (Å²) in [5.74, 6) is 4.35. The van der Waals surface area contributed by atoms with E-state index in [1.807, 2.05) is 18.2 Å². The molecule has 1 saturated heterocycles. The molecule has 0 aromatic heterocycles. The minimum Gasteiger partial charge on any atom is -0.352 e. The standard InChI is InChI=1S/C24H23F3O2/c1-16-14-28-23(29-15-16)19-6-4-18(5-7-19)21-9-8-20-12-17(2-3-22(20)13-21)10-11-24(25,26)27/h2-4,8-9,12-13,16,19,23H,5-7,14-15H2,1H3. The van der Waals surface area contributed by atoms with Gasteiger partial charge in [0.2, 0.25) is 0 Å². The van der Waals surface area contributed by atoms with Crippen LogP contribution in [0.1, 0.15) is 37.3 Å². The van der Waals surface area contributed by atoms with Crippen molar-refractivity contribution >= 4 is 16.3 Å². The second-order valence-corrected chi connectivity index (χ2v) is 7.93. The quantitative estimate of drug-likeness (QED) is 0.581. The van der Waals surface area contributed by atoms with E-state index in [0.717, 1.165) is 48.8 Å². The van der Waals surface area contributed by atoms with E-state index in [0.29, 0.717) is 17.4 Å². The van der Waals surface area contributed by atoms with Gasteiger partial charge in [0.05, 0.1) is 13.2 Å². The summed E-state index contributed by atoms with van der Waals surface area (Å²) in [6.07, 6.45) is 0.605. The van der Waals surface area contributed by atoms with Crippen molar-refractivity contribution in [1.82, 2.24) is 0 Å². The average Bonchev–Trinajstić information content (AvgIpc) is 2.72. The Morgan fingerprint density at radius 1 is 1.00 bits per heavy atom. The minimum absolute atomic E-state index is 0.100. The number of alkyl halides is 3. The molecule has 0 spiro atoms. The molecule has 0 saturated carbocycles.